The van der Waals surface area contributed by atoms with Crippen LogP contribution < -0.4 is 10.6 Å². The van der Waals surface area contributed by atoms with E-state index in [1.807, 2.05) is 32.0 Å². The summed E-state index contributed by atoms with van der Waals surface area (Å²) in [7, 11) is 0. The summed E-state index contributed by atoms with van der Waals surface area (Å²) < 4.78 is 0. The lowest BCUT2D eigenvalue weighted by Gasteiger charge is -2.26. The second-order valence-corrected chi connectivity index (χ2v) is 5.12. The molecule has 1 heterocycles. The molecule has 1 aliphatic heterocycles. The monoisotopic (exact) mass is 289 g/mol. The first-order valence-corrected chi connectivity index (χ1v) is 7.54. The predicted molar refractivity (Wildman–Crippen MR) is 81.8 cm³/mol. The Labute approximate surface area is 125 Å². The molecule has 0 saturated heterocycles. The lowest BCUT2D eigenvalue weighted by molar-refractivity contribution is -0.133. The molecule has 114 valence electrons. The van der Waals surface area contributed by atoms with Crippen molar-refractivity contribution in [3.63, 3.8) is 0 Å². The van der Waals surface area contributed by atoms with Gasteiger partial charge in [-0.1, -0.05) is 24.3 Å². The highest BCUT2D eigenvalue weighted by molar-refractivity contribution is 5.88. The quantitative estimate of drug-likeness (QED) is 0.845. The van der Waals surface area contributed by atoms with Crippen LogP contribution in [0.3, 0.4) is 0 Å². The molecule has 2 N–H and O–H groups in total. The summed E-state index contributed by atoms with van der Waals surface area (Å²) in [6, 6.07) is 7.59. The van der Waals surface area contributed by atoms with E-state index in [1.54, 1.807) is 4.90 Å². The number of rotatable bonds is 5. The van der Waals surface area contributed by atoms with E-state index in [0.29, 0.717) is 13.1 Å². The van der Waals surface area contributed by atoms with Crippen molar-refractivity contribution in [1.29, 1.82) is 0 Å². The van der Waals surface area contributed by atoms with Gasteiger partial charge in [0, 0.05) is 19.6 Å². The Kier molecular flexibility index (Phi) is 5.33. The highest BCUT2D eigenvalue weighted by Gasteiger charge is 2.26. The standard InChI is InChI=1S/C16H23N3O2/c1-3-19(4-2)14(20)11-18-16(21)15-13-8-6-5-7-12(13)9-10-17-15/h5-8,15,17H,3-4,9-11H2,1-2H3,(H,18,21). The van der Waals surface area contributed by atoms with Gasteiger partial charge >= 0.3 is 0 Å². The van der Waals surface area contributed by atoms with Crippen LogP contribution in [0.5, 0.6) is 0 Å². The molecule has 0 saturated carbocycles. The van der Waals surface area contributed by atoms with Gasteiger partial charge in [0.2, 0.25) is 11.8 Å². The minimum absolute atomic E-state index is 0.0440. The average Bonchev–Trinajstić information content (AvgIpc) is 2.53. The number of benzene rings is 1. The average molecular weight is 289 g/mol. The van der Waals surface area contributed by atoms with E-state index in [4.69, 9.17) is 0 Å². The number of hydrogen-bond donors (Lipinski definition) is 2. The molecular weight excluding hydrogens is 266 g/mol. The molecule has 2 rings (SSSR count). The Morgan fingerprint density at radius 2 is 2.00 bits per heavy atom. The molecule has 1 aliphatic rings. The first kappa shape index (κ1) is 15.5. The van der Waals surface area contributed by atoms with Crippen LogP contribution in [0, 0.1) is 0 Å². The predicted octanol–water partition coefficient (Wildman–Crippen LogP) is 0.858. The fourth-order valence-electron chi connectivity index (χ4n) is 2.69. The van der Waals surface area contributed by atoms with Gasteiger partial charge in [-0.05, 0) is 31.4 Å². The molecule has 5 nitrogen and oxygen atoms in total. The fourth-order valence-corrected chi connectivity index (χ4v) is 2.69. The summed E-state index contributed by atoms with van der Waals surface area (Å²) >= 11 is 0. The maximum atomic E-state index is 12.3. The summed E-state index contributed by atoms with van der Waals surface area (Å²) in [6.45, 7) is 6.02. The van der Waals surface area contributed by atoms with E-state index < -0.39 is 0 Å². The van der Waals surface area contributed by atoms with Gasteiger partial charge in [0.1, 0.15) is 6.04 Å². The number of nitrogens with zero attached hydrogens (tertiary/aromatic N) is 1. The SMILES string of the molecule is CCN(CC)C(=O)CNC(=O)C1NCCc2ccccc21. The lowest BCUT2D eigenvalue weighted by atomic mass is 9.94. The number of amides is 2. The molecule has 0 radical (unpaired) electrons. The van der Waals surface area contributed by atoms with E-state index in [0.717, 1.165) is 18.5 Å². The highest BCUT2D eigenvalue weighted by Crippen LogP contribution is 2.22. The van der Waals surface area contributed by atoms with Crippen molar-refractivity contribution in [2.45, 2.75) is 26.3 Å². The summed E-state index contributed by atoms with van der Waals surface area (Å²) in [5.41, 5.74) is 2.21. The molecule has 5 heteroatoms. The molecule has 0 aliphatic carbocycles. The van der Waals surface area contributed by atoms with E-state index in [1.165, 1.54) is 5.56 Å². The summed E-state index contributed by atoms with van der Waals surface area (Å²) in [5.74, 6) is -0.180. The molecule has 2 amide bonds. The number of hydrogen-bond acceptors (Lipinski definition) is 3. The number of fused-ring (bicyclic) bond motifs is 1. The van der Waals surface area contributed by atoms with Crippen molar-refractivity contribution < 1.29 is 9.59 Å². The lowest BCUT2D eigenvalue weighted by Crippen LogP contribution is -2.45. The van der Waals surface area contributed by atoms with E-state index in [2.05, 4.69) is 16.7 Å². The summed E-state index contributed by atoms with van der Waals surface area (Å²) in [4.78, 5) is 26.0. The van der Waals surface area contributed by atoms with E-state index >= 15 is 0 Å². The van der Waals surface area contributed by atoms with Gasteiger partial charge in [0.15, 0.2) is 0 Å². The Hall–Kier alpha value is -1.88. The number of carbonyl (C=O) groups is 2. The van der Waals surface area contributed by atoms with Crippen LogP contribution in [-0.4, -0.2) is 42.9 Å². The van der Waals surface area contributed by atoms with Crippen molar-refractivity contribution in [3.05, 3.63) is 35.4 Å². The van der Waals surface area contributed by atoms with E-state index in [9.17, 15) is 9.59 Å². The number of carbonyl (C=O) groups excluding carboxylic acids is 2. The van der Waals surface area contributed by atoms with Crippen LogP contribution in [0.15, 0.2) is 24.3 Å². The van der Waals surface area contributed by atoms with Crippen molar-refractivity contribution in [2.75, 3.05) is 26.2 Å². The van der Waals surface area contributed by atoms with Gasteiger partial charge in [-0.2, -0.15) is 0 Å². The van der Waals surface area contributed by atoms with Gasteiger partial charge < -0.3 is 15.5 Å². The second kappa shape index (κ2) is 7.22. The first-order valence-electron chi connectivity index (χ1n) is 7.54. The minimum atomic E-state index is -0.362. The smallest absolute Gasteiger partial charge is 0.242 e. The van der Waals surface area contributed by atoms with Gasteiger partial charge in [0.05, 0.1) is 6.54 Å². The molecule has 0 bridgehead atoms. The molecule has 1 aromatic rings. The minimum Gasteiger partial charge on any atom is -0.345 e. The van der Waals surface area contributed by atoms with Gasteiger partial charge in [-0.15, -0.1) is 0 Å². The zero-order chi connectivity index (χ0) is 15.2. The number of nitrogens with one attached hydrogen (secondary N) is 2. The first-order chi connectivity index (χ1) is 10.2. The molecule has 1 unspecified atom stereocenters. The van der Waals surface area contributed by atoms with Gasteiger partial charge in [-0.3, -0.25) is 9.59 Å². The Bertz CT molecular complexity index is 512. The third-order valence-electron chi connectivity index (χ3n) is 3.90. The summed E-state index contributed by atoms with van der Waals surface area (Å²) in [5, 5.41) is 5.97. The van der Waals surface area contributed by atoms with Crippen LogP contribution in [0.25, 0.3) is 0 Å². The largest absolute Gasteiger partial charge is 0.345 e. The normalized spacial score (nSPS) is 17.0. The third kappa shape index (κ3) is 3.61. The molecule has 0 aromatic heterocycles. The van der Waals surface area contributed by atoms with Crippen LogP contribution in [0.1, 0.15) is 31.0 Å². The highest BCUT2D eigenvalue weighted by atomic mass is 16.2. The van der Waals surface area contributed by atoms with Crippen LogP contribution in [-0.2, 0) is 16.0 Å². The maximum Gasteiger partial charge on any atom is 0.242 e. The maximum absolute atomic E-state index is 12.3. The molecule has 21 heavy (non-hydrogen) atoms. The van der Waals surface area contributed by atoms with Gasteiger partial charge in [0.25, 0.3) is 0 Å². The van der Waals surface area contributed by atoms with Crippen LogP contribution in [0.4, 0.5) is 0 Å². The summed E-state index contributed by atoms with van der Waals surface area (Å²) in [6.07, 6.45) is 0.929. The van der Waals surface area contributed by atoms with Crippen molar-refractivity contribution in [2.24, 2.45) is 0 Å². The molecular formula is C16H23N3O2. The van der Waals surface area contributed by atoms with Crippen LogP contribution in [0.2, 0.25) is 0 Å². The number of likely N-dealkylation sites (N-methyl/N-ethyl adjacent to an activating group) is 1. The Morgan fingerprint density at radius 3 is 2.71 bits per heavy atom. The molecule has 0 fully saturated rings. The fraction of sp³-hybridized carbons (Fsp3) is 0.500. The second-order valence-electron chi connectivity index (χ2n) is 5.12. The topological polar surface area (TPSA) is 61.4 Å². The molecule has 0 spiro atoms. The van der Waals surface area contributed by atoms with E-state index in [-0.39, 0.29) is 24.4 Å². The zero-order valence-corrected chi connectivity index (χ0v) is 12.7. The van der Waals surface area contributed by atoms with Crippen molar-refractivity contribution >= 4 is 11.8 Å². The van der Waals surface area contributed by atoms with Crippen LogP contribution >= 0.6 is 0 Å². The zero-order valence-electron chi connectivity index (χ0n) is 12.7. The Balaban J connectivity index is 1.97. The third-order valence-corrected chi connectivity index (χ3v) is 3.90. The Morgan fingerprint density at radius 1 is 1.29 bits per heavy atom. The van der Waals surface area contributed by atoms with Crippen molar-refractivity contribution in [1.82, 2.24) is 15.5 Å². The van der Waals surface area contributed by atoms with Crippen molar-refractivity contribution in [3.8, 4) is 0 Å². The molecule has 1 atom stereocenters. The molecule has 1 aromatic carbocycles. The van der Waals surface area contributed by atoms with Gasteiger partial charge in [-0.25, -0.2) is 0 Å².